The van der Waals surface area contributed by atoms with Gasteiger partial charge < -0.3 is 10.6 Å². The van der Waals surface area contributed by atoms with E-state index >= 15 is 0 Å². The molecule has 1 fully saturated rings. The van der Waals surface area contributed by atoms with Gasteiger partial charge in [0, 0.05) is 32.2 Å². The molecule has 1 aliphatic heterocycles. The molecule has 1 aliphatic carbocycles. The second-order valence-electron chi connectivity index (χ2n) is 7.96. The average Bonchev–Trinajstić information content (AvgIpc) is 3.29. The Labute approximate surface area is 162 Å². The van der Waals surface area contributed by atoms with Crippen molar-refractivity contribution in [1.82, 2.24) is 15.5 Å². The minimum absolute atomic E-state index is 0.0377. The molecular formula is C23H29N3O. The Morgan fingerprint density at radius 3 is 2.52 bits per heavy atom. The number of aryl methyl sites for hydroxylation is 1. The molecule has 0 aromatic heterocycles. The maximum absolute atomic E-state index is 12.5. The molecular weight excluding hydrogens is 334 g/mol. The predicted molar refractivity (Wildman–Crippen MR) is 109 cm³/mol. The largest absolute Gasteiger partial charge is 0.358 e. The van der Waals surface area contributed by atoms with Crippen molar-refractivity contribution in [2.75, 3.05) is 13.6 Å². The lowest BCUT2D eigenvalue weighted by molar-refractivity contribution is -0.125. The Balaban J connectivity index is 1.44. The third kappa shape index (κ3) is 3.92. The van der Waals surface area contributed by atoms with Crippen LogP contribution >= 0.6 is 0 Å². The van der Waals surface area contributed by atoms with Gasteiger partial charge in [-0.2, -0.15) is 0 Å². The highest BCUT2D eigenvalue weighted by molar-refractivity contribution is 5.82. The van der Waals surface area contributed by atoms with Gasteiger partial charge in [-0.25, -0.2) is 0 Å². The Kier molecular flexibility index (Phi) is 5.28. The first kappa shape index (κ1) is 18.2. The molecule has 1 saturated heterocycles. The summed E-state index contributed by atoms with van der Waals surface area (Å²) in [6.45, 7) is 3.91. The lowest BCUT2D eigenvalue weighted by atomic mass is 10.1. The number of likely N-dealkylation sites (tertiary alicyclic amines) is 1. The van der Waals surface area contributed by atoms with Crippen LogP contribution in [0.25, 0.3) is 0 Å². The average molecular weight is 364 g/mol. The Morgan fingerprint density at radius 1 is 1.11 bits per heavy atom. The van der Waals surface area contributed by atoms with Crippen LogP contribution in [0, 0.1) is 6.92 Å². The quantitative estimate of drug-likeness (QED) is 0.858. The zero-order valence-electron chi connectivity index (χ0n) is 16.2. The normalized spacial score (nSPS) is 22.7. The van der Waals surface area contributed by atoms with Crippen molar-refractivity contribution in [3.8, 4) is 0 Å². The lowest BCUT2D eigenvalue weighted by Gasteiger charge is -2.29. The van der Waals surface area contributed by atoms with Crippen molar-refractivity contribution in [1.29, 1.82) is 0 Å². The van der Waals surface area contributed by atoms with E-state index in [0.717, 1.165) is 32.4 Å². The van der Waals surface area contributed by atoms with E-state index in [2.05, 4.69) is 71.0 Å². The molecule has 2 atom stereocenters. The van der Waals surface area contributed by atoms with Crippen molar-refractivity contribution < 1.29 is 4.79 Å². The number of hydrogen-bond acceptors (Lipinski definition) is 3. The van der Waals surface area contributed by atoms with E-state index in [9.17, 15) is 4.79 Å². The van der Waals surface area contributed by atoms with Crippen LogP contribution < -0.4 is 10.6 Å². The fourth-order valence-corrected chi connectivity index (χ4v) is 4.69. The molecule has 4 heteroatoms. The number of amides is 1. The summed E-state index contributed by atoms with van der Waals surface area (Å²) in [6, 6.07) is 18.1. The van der Waals surface area contributed by atoms with E-state index in [1.54, 1.807) is 7.05 Å². The summed E-state index contributed by atoms with van der Waals surface area (Å²) >= 11 is 0. The van der Waals surface area contributed by atoms with Crippen LogP contribution in [0.3, 0.4) is 0 Å². The second kappa shape index (κ2) is 7.83. The number of hydrogen-bond donors (Lipinski definition) is 2. The summed E-state index contributed by atoms with van der Waals surface area (Å²) in [7, 11) is 1.75. The van der Waals surface area contributed by atoms with Crippen LogP contribution in [-0.2, 0) is 24.2 Å². The molecule has 142 valence electrons. The summed E-state index contributed by atoms with van der Waals surface area (Å²) in [6.07, 6.45) is 2.97. The zero-order valence-corrected chi connectivity index (χ0v) is 16.2. The van der Waals surface area contributed by atoms with E-state index in [1.807, 2.05) is 0 Å². The van der Waals surface area contributed by atoms with Gasteiger partial charge in [-0.05, 0) is 42.9 Å². The van der Waals surface area contributed by atoms with Gasteiger partial charge >= 0.3 is 0 Å². The highest BCUT2D eigenvalue weighted by atomic mass is 16.2. The molecule has 4 nitrogen and oxygen atoms in total. The monoisotopic (exact) mass is 363 g/mol. The number of carbonyl (C=O) groups is 1. The first-order chi connectivity index (χ1) is 13.1. The third-order valence-electron chi connectivity index (χ3n) is 6.06. The molecule has 0 bridgehead atoms. The SMILES string of the molecule is CNC(=O)[C@@H]1C[C@@H](NCc2cccc(C)c2)CN1C1Cc2ccccc2C1. The summed E-state index contributed by atoms with van der Waals surface area (Å²) < 4.78 is 0. The number of rotatable bonds is 5. The van der Waals surface area contributed by atoms with E-state index < -0.39 is 0 Å². The highest BCUT2D eigenvalue weighted by Gasteiger charge is 2.41. The maximum atomic E-state index is 12.5. The summed E-state index contributed by atoms with van der Waals surface area (Å²) in [4.78, 5) is 15.0. The fraction of sp³-hybridized carbons (Fsp3) is 0.435. The van der Waals surface area contributed by atoms with Crippen LogP contribution in [0.1, 0.15) is 28.7 Å². The lowest BCUT2D eigenvalue weighted by Crippen LogP contribution is -2.47. The van der Waals surface area contributed by atoms with Gasteiger partial charge in [0.15, 0.2) is 0 Å². The minimum atomic E-state index is -0.0377. The van der Waals surface area contributed by atoms with E-state index in [0.29, 0.717) is 12.1 Å². The van der Waals surface area contributed by atoms with Gasteiger partial charge in [-0.15, -0.1) is 0 Å². The molecule has 0 radical (unpaired) electrons. The number of fused-ring (bicyclic) bond motifs is 1. The van der Waals surface area contributed by atoms with Crippen LogP contribution in [-0.4, -0.2) is 42.5 Å². The molecule has 2 aromatic carbocycles. The number of nitrogens with zero attached hydrogens (tertiary/aromatic N) is 1. The molecule has 1 heterocycles. The van der Waals surface area contributed by atoms with Crippen LogP contribution in [0.2, 0.25) is 0 Å². The van der Waals surface area contributed by atoms with Crippen molar-refractivity contribution >= 4 is 5.91 Å². The van der Waals surface area contributed by atoms with E-state index in [-0.39, 0.29) is 11.9 Å². The first-order valence-corrected chi connectivity index (χ1v) is 9.97. The summed E-state index contributed by atoms with van der Waals surface area (Å²) in [5.41, 5.74) is 5.47. The molecule has 0 spiro atoms. The van der Waals surface area contributed by atoms with Gasteiger partial charge in [0.1, 0.15) is 0 Å². The fourth-order valence-electron chi connectivity index (χ4n) is 4.69. The number of nitrogens with one attached hydrogen (secondary N) is 2. The molecule has 1 amide bonds. The van der Waals surface area contributed by atoms with Crippen molar-refractivity contribution in [3.05, 3.63) is 70.8 Å². The molecule has 0 unspecified atom stereocenters. The molecule has 0 saturated carbocycles. The van der Waals surface area contributed by atoms with Crippen molar-refractivity contribution in [3.63, 3.8) is 0 Å². The van der Waals surface area contributed by atoms with Gasteiger partial charge in [-0.1, -0.05) is 54.1 Å². The standard InChI is InChI=1S/C23H29N3O/c1-16-6-5-7-17(10-16)14-25-20-13-22(23(27)24-2)26(15-20)21-11-18-8-3-4-9-19(18)12-21/h3-10,20-22,25H,11-15H2,1-2H3,(H,24,27)/t20-,22+/m1/s1. The summed E-state index contributed by atoms with van der Waals surface area (Å²) in [5.74, 6) is 0.144. The molecule has 27 heavy (non-hydrogen) atoms. The van der Waals surface area contributed by atoms with Gasteiger partial charge in [0.2, 0.25) is 5.91 Å². The zero-order chi connectivity index (χ0) is 18.8. The summed E-state index contributed by atoms with van der Waals surface area (Å²) in [5, 5.41) is 6.56. The van der Waals surface area contributed by atoms with Crippen LogP contribution in [0.15, 0.2) is 48.5 Å². The number of benzene rings is 2. The van der Waals surface area contributed by atoms with E-state index in [4.69, 9.17) is 0 Å². The molecule has 2 aliphatic rings. The topological polar surface area (TPSA) is 44.4 Å². The second-order valence-corrected chi connectivity index (χ2v) is 7.96. The number of carbonyl (C=O) groups excluding carboxylic acids is 1. The Morgan fingerprint density at radius 2 is 1.85 bits per heavy atom. The predicted octanol–water partition coefficient (Wildman–Crippen LogP) is 2.44. The maximum Gasteiger partial charge on any atom is 0.237 e. The molecule has 2 aromatic rings. The van der Waals surface area contributed by atoms with Crippen LogP contribution in [0.5, 0.6) is 0 Å². The van der Waals surface area contributed by atoms with Crippen LogP contribution in [0.4, 0.5) is 0 Å². The molecule has 2 N–H and O–H groups in total. The third-order valence-corrected chi connectivity index (χ3v) is 6.06. The number of likely N-dealkylation sites (N-methyl/N-ethyl adjacent to an activating group) is 1. The van der Waals surface area contributed by atoms with E-state index in [1.165, 1.54) is 22.3 Å². The highest BCUT2D eigenvalue weighted by Crippen LogP contribution is 2.30. The molecule has 4 rings (SSSR count). The smallest absolute Gasteiger partial charge is 0.237 e. The van der Waals surface area contributed by atoms with Crippen molar-refractivity contribution in [2.45, 2.75) is 50.9 Å². The van der Waals surface area contributed by atoms with Crippen molar-refractivity contribution in [2.24, 2.45) is 0 Å². The minimum Gasteiger partial charge on any atom is -0.358 e. The van der Waals surface area contributed by atoms with Gasteiger partial charge in [0.25, 0.3) is 0 Å². The first-order valence-electron chi connectivity index (χ1n) is 9.97. The van der Waals surface area contributed by atoms with Gasteiger partial charge in [-0.3, -0.25) is 9.69 Å². The van der Waals surface area contributed by atoms with Gasteiger partial charge in [0.05, 0.1) is 6.04 Å². The Bertz CT molecular complexity index is 794. The Hall–Kier alpha value is -2.17.